The molecule has 4 rings (SSSR count). The van der Waals surface area contributed by atoms with Crippen molar-refractivity contribution in [2.75, 3.05) is 0 Å². The first-order valence-corrected chi connectivity index (χ1v) is 10.5. The van der Waals surface area contributed by atoms with Crippen molar-refractivity contribution < 1.29 is 4.92 Å². The van der Waals surface area contributed by atoms with E-state index in [1.54, 1.807) is 23.9 Å². The highest BCUT2D eigenvalue weighted by Crippen LogP contribution is 2.30. The molecule has 0 fully saturated rings. The van der Waals surface area contributed by atoms with Gasteiger partial charge in [0.2, 0.25) is 0 Å². The molecule has 30 heavy (non-hydrogen) atoms. The molecule has 1 aromatic heterocycles. The number of hydrogen-bond donors (Lipinski definition) is 0. The minimum Gasteiger partial charge on any atom is -0.270 e. The number of aromatic nitrogens is 3. The Kier molecular flexibility index (Phi) is 5.63. The van der Waals surface area contributed by atoms with Gasteiger partial charge in [0.1, 0.15) is 0 Å². The van der Waals surface area contributed by atoms with Crippen LogP contribution in [0.25, 0.3) is 17.1 Å². The molecule has 0 aliphatic carbocycles. The molecule has 0 unspecified atom stereocenters. The van der Waals surface area contributed by atoms with E-state index in [0.29, 0.717) is 5.75 Å². The van der Waals surface area contributed by atoms with Gasteiger partial charge in [-0.05, 0) is 31.5 Å². The van der Waals surface area contributed by atoms with Crippen LogP contribution in [-0.4, -0.2) is 19.7 Å². The van der Waals surface area contributed by atoms with Gasteiger partial charge in [-0.1, -0.05) is 71.4 Å². The molecule has 0 aliphatic rings. The zero-order chi connectivity index (χ0) is 21.1. The molecule has 0 amide bonds. The van der Waals surface area contributed by atoms with Gasteiger partial charge in [-0.3, -0.25) is 14.7 Å². The quantitative estimate of drug-likeness (QED) is 0.227. The van der Waals surface area contributed by atoms with Crippen molar-refractivity contribution in [3.63, 3.8) is 0 Å². The van der Waals surface area contributed by atoms with Gasteiger partial charge in [0.25, 0.3) is 5.69 Å². The van der Waals surface area contributed by atoms with Crippen LogP contribution in [0.2, 0.25) is 0 Å². The average molecular weight is 417 g/mol. The maximum Gasteiger partial charge on any atom is 0.269 e. The number of nitro benzene ring substituents is 1. The van der Waals surface area contributed by atoms with E-state index in [9.17, 15) is 10.1 Å². The largest absolute Gasteiger partial charge is 0.270 e. The third kappa shape index (κ3) is 4.26. The highest BCUT2D eigenvalue weighted by Gasteiger charge is 2.16. The molecular formula is C23H20N4O2S. The van der Waals surface area contributed by atoms with Crippen molar-refractivity contribution in [3.05, 3.63) is 99.6 Å². The van der Waals surface area contributed by atoms with Crippen molar-refractivity contribution in [2.24, 2.45) is 0 Å². The van der Waals surface area contributed by atoms with Crippen molar-refractivity contribution >= 4 is 17.4 Å². The Balaban J connectivity index is 1.67. The van der Waals surface area contributed by atoms with Gasteiger partial charge in [0.05, 0.1) is 4.92 Å². The van der Waals surface area contributed by atoms with Crippen LogP contribution in [0, 0.1) is 24.0 Å². The molecule has 1 heterocycles. The van der Waals surface area contributed by atoms with Crippen molar-refractivity contribution in [3.8, 4) is 17.1 Å². The van der Waals surface area contributed by atoms with Crippen LogP contribution in [0.3, 0.4) is 0 Å². The predicted molar refractivity (Wildman–Crippen MR) is 119 cm³/mol. The third-order valence-corrected chi connectivity index (χ3v) is 5.75. The van der Waals surface area contributed by atoms with Gasteiger partial charge in [-0.25, -0.2) is 0 Å². The lowest BCUT2D eigenvalue weighted by Crippen LogP contribution is -2.00. The molecular weight excluding hydrogens is 396 g/mol. The van der Waals surface area contributed by atoms with Crippen LogP contribution in [-0.2, 0) is 5.75 Å². The molecule has 0 radical (unpaired) electrons. The molecule has 0 saturated heterocycles. The third-order valence-electron chi connectivity index (χ3n) is 4.75. The maximum atomic E-state index is 10.9. The molecule has 0 spiro atoms. The summed E-state index contributed by atoms with van der Waals surface area (Å²) in [5, 5.41) is 20.5. The Bertz CT molecular complexity index is 1170. The smallest absolute Gasteiger partial charge is 0.269 e. The van der Waals surface area contributed by atoms with Gasteiger partial charge in [0.15, 0.2) is 11.0 Å². The van der Waals surface area contributed by atoms with Crippen LogP contribution >= 0.6 is 11.8 Å². The van der Waals surface area contributed by atoms with Crippen molar-refractivity contribution in [2.45, 2.75) is 24.8 Å². The minimum absolute atomic E-state index is 0.0910. The van der Waals surface area contributed by atoms with Gasteiger partial charge in [-0.15, -0.1) is 10.2 Å². The number of aryl methyl sites for hydroxylation is 2. The van der Waals surface area contributed by atoms with Gasteiger partial charge < -0.3 is 0 Å². The number of non-ortho nitro benzene ring substituents is 1. The average Bonchev–Trinajstić information content (AvgIpc) is 3.17. The highest BCUT2D eigenvalue weighted by atomic mass is 32.2. The molecule has 6 nitrogen and oxygen atoms in total. The number of thioether (sulfide) groups is 1. The fraction of sp³-hybridized carbons (Fsp3) is 0.130. The monoisotopic (exact) mass is 416 g/mol. The molecule has 0 bridgehead atoms. The SMILES string of the molecule is Cc1ccc(-c2nnc(SCc3ccc([N+](=O)[O-])cc3)n2-c2ccc(C)cc2)cc1. The summed E-state index contributed by atoms with van der Waals surface area (Å²) in [4.78, 5) is 10.5. The summed E-state index contributed by atoms with van der Waals surface area (Å²) in [6, 6.07) is 23.1. The number of rotatable bonds is 6. The Morgan fingerprint density at radius 1 is 0.867 bits per heavy atom. The second-order valence-corrected chi connectivity index (χ2v) is 8.00. The summed E-state index contributed by atoms with van der Waals surface area (Å²) in [6.07, 6.45) is 0. The van der Waals surface area contributed by atoms with E-state index >= 15 is 0 Å². The Hall–Kier alpha value is -3.45. The summed E-state index contributed by atoms with van der Waals surface area (Å²) < 4.78 is 2.06. The second kappa shape index (κ2) is 8.51. The lowest BCUT2D eigenvalue weighted by molar-refractivity contribution is -0.384. The van der Waals surface area contributed by atoms with E-state index in [1.807, 2.05) is 0 Å². The highest BCUT2D eigenvalue weighted by molar-refractivity contribution is 7.98. The van der Waals surface area contributed by atoms with E-state index in [1.165, 1.54) is 23.3 Å². The first kappa shape index (κ1) is 19.8. The van der Waals surface area contributed by atoms with Crippen LogP contribution in [0.1, 0.15) is 16.7 Å². The number of nitro groups is 1. The van der Waals surface area contributed by atoms with Gasteiger partial charge in [-0.2, -0.15) is 0 Å². The van der Waals surface area contributed by atoms with E-state index in [2.05, 4.69) is 77.1 Å². The van der Waals surface area contributed by atoms with Crippen molar-refractivity contribution in [1.82, 2.24) is 14.8 Å². The Morgan fingerprint density at radius 3 is 2.07 bits per heavy atom. The first-order chi connectivity index (χ1) is 14.5. The van der Waals surface area contributed by atoms with E-state index in [-0.39, 0.29) is 5.69 Å². The summed E-state index contributed by atoms with van der Waals surface area (Å²) in [5.74, 6) is 1.42. The van der Waals surface area contributed by atoms with Crippen LogP contribution < -0.4 is 0 Å². The molecule has 0 saturated carbocycles. The zero-order valence-electron chi connectivity index (χ0n) is 16.6. The fourth-order valence-corrected chi connectivity index (χ4v) is 3.95. The standard InChI is InChI=1S/C23H20N4O2S/c1-16-3-9-19(10-4-16)22-24-25-23(26(22)20-11-5-17(2)6-12-20)30-15-18-7-13-21(14-8-18)27(28)29/h3-14H,15H2,1-2H3. The zero-order valence-corrected chi connectivity index (χ0v) is 17.5. The Labute approximate surface area is 178 Å². The van der Waals surface area contributed by atoms with Gasteiger partial charge >= 0.3 is 0 Å². The lowest BCUT2D eigenvalue weighted by Gasteiger charge is -2.11. The van der Waals surface area contributed by atoms with Crippen LogP contribution in [0.4, 0.5) is 5.69 Å². The molecule has 7 heteroatoms. The molecule has 3 aromatic carbocycles. The van der Waals surface area contributed by atoms with Gasteiger partial charge in [0, 0.05) is 29.1 Å². The number of benzene rings is 3. The summed E-state index contributed by atoms with van der Waals surface area (Å²) in [7, 11) is 0. The van der Waals surface area contributed by atoms with E-state index in [4.69, 9.17) is 0 Å². The first-order valence-electron chi connectivity index (χ1n) is 9.47. The lowest BCUT2D eigenvalue weighted by atomic mass is 10.1. The Morgan fingerprint density at radius 2 is 1.47 bits per heavy atom. The normalized spacial score (nSPS) is 10.9. The maximum absolute atomic E-state index is 10.9. The van der Waals surface area contributed by atoms with Crippen molar-refractivity contribution in [1.29, 1.82) is 0 Å². The van der Waals surface area contributed by atoms with E-state index < -0.39 is 4.92 Å². The van der Waals surface area contributed by atoms with Crippen LogP contribution in [0.15, 0.2) is 78.0 Å². The summed E-state index contributed by atoms with van der Waals surface area (Å²) in [6.45, 7) is 4.11. The molecule has 0 atom stereocenters. The van der Waals surface area contributed by atoms with E-state index in [0.717, 1.165) is 27.8 Å². The summed E-state index contributed by atoms with van der Waals surface area (Å²) >= 11 is 1.55. The minimum atomic E-state index is -0.390. The molecule has 150 valence electrons. The fourth-order valence-electron chi connectivity index (χ4n) is 3.04. The number of nitrogens with zero attached hydrogens (tertiary/aromatic N) is 4. The number of hydrogen-bond acceptors (Lipinski definition) is 5. The molecule has 0 N–H and O–H groups in total. The molecule has 4 aromatic rings. The topological polar surface area (TPSA) is 73.8 Å². The molecule has 0 aliphatic heterocycles. The summed E-state index contributed by atoms with van der Waals surface area (Å²) in [5.41, 5.74) is 5.44. The predicted octanol–water partition coefficient (Wildman–Crippen LogP) is 5.75. The van der Waals surface area contributed by atoms with Crippen LogP contribution in [0.5, 0.6) is 0 Å². The second-order valence-electron chi connectivity index (χ2n) is 7.06.